The zero-order chi connectivity index (χ0) is 41.3. The number of benzene rings is 1. The van der Waals surface area contributed by atoms with E-state index in [1.807, 2.05) is 7.05 Å². The molecule has 0 radical (unpaired) electrons. The first kappa shape index (κ1) is 41.7. The van der Waals surface area contributed by atoms with Crippen molar-refractivity contribution in [2.75, 3.05) is 45.5 Å². The van der Waals surface area contributed by atoms with Crippen molar-refractivity contribution in [3.8, 4) is 11.5 Å². The number of nitrogens with zero attached hydrogens (tertiary/aromatic N) is 5. The minimum atomic E-state index is -5.07. The highest BCUT2D eigenvalue weighted by Gasteiger charge is 2.54. The van der Waals surface area contributed by atoms with Crippen LogP contribution in [-0.4, -0.2) is 134 Å². The van der Waals surface area contributed by atoms with Gasteiger partial charge in [0.25, 0.3) is 17.7 Å². The predicted octanol–water partition coefficient (Wildman–Crippen LogP) is 0.485. The standard InChI is InChI=1S/C32H38ClN9O12S2/c1-15(22-11-18(39-53-22)16-7-9-42(4,13-16)10-8-35-27(45)17-5-6-21(43)26(44)23(17)33)36-12-20-25(29(47)41(20)56(50,51)52)38-28(46)24(19-14-55-31(34)37-19)40-54-32(2,3)30(48)49/h5-6,11,14,16,20,25,36H,1,7-10,12-13H2,2-4H3,(H7-,34,35,37,38,40,43,44,45,46,48,49,50,51,52)/p+1/t16-,20+,25+,42?/m1/s1. The van der Waals surface area contributed by atoms with E-state index in [1.54, 1.807) is 6.07 Å². The molecule has 56 heavy (non-hydrogen) atoms. The maximum Gasteiger partial charge on any atom is 0.362 e. The number of hydrogen-bond donors (Lipinski definition) is 8. The van der Waals surface area contributed by atoms with Crippen LogP contribution in [0.4, 0.5) is 5.13 Å². The van der Waals surface area contributed by atoms with Crippen LogP contribution in [0.3, 0.4) is 0 Å². The summed E-state index contributed by atoms with van der Waals surface area (Å²) < 4.78 is 40.3. The Morgan fingerprint density at radius 3 is 2.62 bits per heavy atom. The molecule has 21 nitrogen and oxygen atoms in total. The number of thiazole rings is 1. The van der Waals surface area contributed by atoms with Crippen molar-refractivity contribution in [2.45, 2.75) is 43.9 Å². The largest absolute Gasteiger partial charge is 0.504 e. The lowest BCUT2D eigenvalue weighted by molar-refractivity contribution is -0.897. The quantitative estimate of drug-likeness (QED) is 0.0243. The molecule has 302 valence electrons. The number of halogens is 1. The first-order chi connectivity index (χ1) is 26.1. The van der Waals surface area contributed by atoms with E-state index in [1.165, 1.54) is 31.4 Å². The van der Waals surface area contributed by atoms with Gasteiger partial charge in [-0.25, -0.2) is 14.1 Å². The van der Waals surface area contributed by atoms with E-state index in [-0.39, 0.29) is 49.6 Å². The number of carbonyl (C=O) groups is 4. The molecule has 2 aliphatic rings. The van der Waals surface area contributed by atoms with Crippen LogP contribution in [0, 0.1) is 0 Å². The minimum absolute atomic E-state index is 0.0215. The highest BCUT2D eigenvalue weighted by atomic mass is 35.5. The molecule has 2 saturated heterocycles. The van der Waals surface area contributed by atoms with E-state index in [0.29, 0.717) is 29.8 Å². The van der Waals surface area contributed by atoms with E-state index in [9.17, 15) is 47.5 Å². The Morgan fingerprint density at radius 2 is 1.98 bits per heavy atom. The average molecular weight is 841 g/mol. The molecule has 1 aromatic carbocycles. The maximum absolute atomic E-state index is 13.4. The molecule has 24 heteroatoms. The summed E-state index contributed by atoms with van der Waals surface area (Å²) in [5.41, 5.74) is 3.93. The third-order valence-electron chi connectivity index (χ3n) is 9.29. The number of likely N-dealkylation sites (tertiary alicyclic amines) is 1. The zero-order valence-corrected chi connectivity index (χ0v) is 32.4. The van der Waals surface area contributed by atoms with Gasteiger partial charge in [0, 0.05) is 24.4 Å². The van der Waals surface area contributed by atoms with Gasteiger partial charge in [0.1, 0.15) is 11.7 Å². The molecule has 4 heterocycles. The highest BCUT2D eigenvalue weighted by molar-refractivity contribution is 7.84. The topological polar surface area (TPSA) is 309 Å². The Balaban J connectivity index is 1.20. The number of carbonyl (C=O) groups excluding carboxylic acids is 3. The Bertz CT molecular complexity index is 2210. The summed E-state index contributed by atoms with van der Waals surface area (Å²) >= 11 is 6.94. The molecule has 2 fully saturated rings. The van der Waals surface area contributed by atoms with Crippen LogP contribution in [0.1, 0.15) is 53.7 Å². The molecule has 2 aliphatic heterocycles. The van der Waals surface area contributed by atoms with Gasteiger partial charge in [-0.1, -0.05) is 28.5 Å². The molecule has 0 bridgehead atoms. The second kappa shape index (κ2) is 15.9. The summed E-state index contributed by atoms with van der Waals surface area (Å²) in [5, 5.41) is 45.7. The van der Waals surface area contributed by atoms with Crippen LogP contribution < -0.4 is 21.7 Å². The van der Waals surface area contributed by atoms with Crippen LogP contribution in [0.25, 0.3) is 5.70 Å². The number of phenolic OH excluding ortho intramolecular Hbond substituents is 2. The predicted molar refractivity (Wildman–Crippen MR) is 199 cm³/mol. The SMILES string of the molecule is C=C(NC[C@H]1[C@H](NC(=O)/C(=N\OC(C)(C)C(=O)O)c2csc(N)n2)C(=O)N1S(=O)(=O)O)c1cc([C@@H]2CC[N+](C)(CCNC(=O)c3ccc(O)c(O)c3Cl)C2)no1. The number of aromatic hydroxyl groups is 2. The monoisotopic (exact) mass is 840 g/mol. The van der Waals surface area contributed by atoms with Gasteiger partial charge in [-0.05, 0) is 26.0 Å². The summed E-state index contributed by atoms with van der Waals surface area (Å²) in [4.78, 5) is 59.5. The fraction of sp³-hybridized carbons (Fsp3) is 0.406. The van der Waals surface area contributed by atoms with E-state index in [4.69, 9.17) is 26.7 Å². The van der Waals surface area contributed by atoms with E-state index >= 15 is 0 Å². The average Bonchev–Trinajstić information content (AvgIpc) is 3.87. The molecule has 0 aliphatic carbocycles. The van der Waals surface area contributed by atoms with Gasteiger partial charge < -0.3 is 50.8 Å². The minimum Gasteiger partial charge on any atom is -0.504 e. The lowest BCUT2D eigenvalue weighted by Gasteiger charge is -2.44. The third kappa shape index (κ3) is 8.97. The van der Waals surface area contributed by atoms with Crippen molar-refractivity contribution in [1.82, 2.24) is 30.4 Å². The number of nitrogens with one attached hydrogen (secondary N) is 3. The third-order valence-corrected chi connectivity index (χ3v) is 11.3. The first-order valence-corrected chi connectivity index (χ1v) is 19.3. The summed E-state index contributed by atoms with van der Waals surface area (Å²) in [6.07, 6.45) is 0.737. The number of carboxylic acid groups (broad SMARTS) is 1. The fourth-order valence-corrected chi connectivity index (χ4v) is 7.67. The lowest BCUT2D eigenvalue weighted by Crippen LogP contribution is -2.74. The van der Waals surface area contributed by atoms with Gasteiger partial charge in [0.05, 0.1) is 67.2 Å². The number of carboxylic acids is 1. The van der Waals surface area contributed by atoms with Crippen molar-refractivity contribution in [2.24, 2.45) is 5.16 Å². The smallest absolute Gasteiger partial charge is 0.362 e. The van der Waals surface area contributed by atoms with Crippen LogP contribution in [0.2, 0.25) is 5.02 Å². The lowest BCUT2D eigenvalue weighted by atomic mass is 9.98. The van der Waals surface area contributed by atoms with Crippen molar-refractivity contribution >= 4 is 73.5 Å². The van der Waals surface area contributed by atoms with Gasteiger partial charge >= 0.3 is 16.3 Å². The Kier molecular flexibility index (Phi) is 11.9. The second-order valence-electron chi connectivity index (χ2n) is 13.8. The molecule has 2 aromatic heterocycles. The van der Waals surface area contributed by atoms with Gasteiger partial charge in [-0.3, -0.25) is 18.9 Å². The van der Waals surface area contributed by atoms with Crippen LogP contribution in [-0.2, 0) is 29.5 Å². The summed E-state index contributed by atoms with van der Waals surface area (Å²) in [7, 11) is -3.05. The molecule has 4 atom stereocenters. The highest BCUT2D eigenvalue weighted by Crippen LogP contribution is 2.36. The van der Waals surface area contributed by atoms with Gasteiger partial charge in [-0.15, -0.1) is 11.3 Å². The number of oxime groups is 1. The molecule has 0 spiro atoms. The number of quaternary nitrogens is 1. The van der Waals surface area contributed by atoms with Crippen molar-refractivity contribution in [3.63, 3.8) is 0 Å². The molecular formula is C32H39ClN9O12S2+. The number of likely N-dealkylation sites (N-methyl/N-ethyl adjacent to an activating group) is 1. The number of β-lactam (4-membered cyclic amide) rings is 1. The van der Waals surface area contributed by atoms with Gasteiger partial charge in [0.2, 0.25) is 5.60 Å². The molecule has 5 rings (SSSR count). The van der Waals surface area contributed by atoms with Gasteiger partial charge in [0.15, 0.2) is 28.1 Å². The Morgan fingerprint density at radius 1 is 1.27 bits per heavy atom. The van der Waals surface area contributed by atoms with Crippen molar-refractivity contribution in [3.05, 3.63) is 57.9 Å². The molecule has 3 amide bonds. The van der Waals surface area contributed by atoms with Crippen LogP contribution in [0.5, 0.6) is 11.5 Å². The van der Waals surface area contributed by atoms with E-state index in [2.05, 4.69) is 37.8 Å². The van der Waals surface area contributed by atoms with Crippen LogP contribution in [0.15, 0.2) is 39.8 Å². The number of nitrogens with two attached hydrogens (primary N) is 1. The number of nitrogen functional groups attached to an aromatic ring is 1. The number of hydrogen-bond acceptors (Lipinski definition) is 16. The number of anilines is 1. The molecule has 1 unspecified atom stereocenters. The van der Waals surface area contributed by atoms with E-state index in [0.717, 1.165) is 24.3 Å². The fourth-order valence-electron chi connectivity index (χ4n) is 6.00. The van der Waals surface area contributed by atoms with Crippen molar-refractivity contribution < 1.29 is 61.3 Å². The van der Waals surface area contributed by atoms with Crippen molar-refractivity contribution in [1.29, 1.82) is 0 Å². The molecule has 0 saturated carbocycles. The number of amides is 3. The number of aromatic nitrogens is 2. The van der Waals surface area contributed by atoms with E-state index < -0.39 is 68.9 Å². The maximum atomic E-state index is 13.4. The summed E-state index contributed by atoms with van der Waals surface area (Å²) in [5.74, 6) is -5.02. The molecule has 9 N–H and O–H groups in total. The number of rotatable bonds is 16. The first-order valence-electron chi connectivity index (χ1n) is 16.7. The van der Waals surface area contributed by atoms with Gasteiger partial charge in [-0.2, -0.15) is 8.42 Å². The molecular weight excluding hydrogens is 802 g/mol. The number of phenols is 2. The Hall–Kier alpha value is -5.49. The zero-order valence-electron chi connectivity index (χ0n) is 30.1. The normalized spacial score (nSPS) is 21.3. The number of aliphatic carboxylic acids is 1. The summed E-state index contributed by atoms with van der Waals surface area (Å²) in [6.45, 7) is 8.16. The second-order valence-corrected chi connectivity index (χ2v) is 16.4. The Labute approximate surface area is 328 Å². The molecule has 3 aromatic rings. The summed E-state index contributed by atoms with van der Waals surface area (Å²) in [6, 6.07) is 1.24. The van der Waals surface area contributed by atoms with Crippen LogP contribution >= 0.6 is 22.9 Å².